The van der Waals surface area contributed by atoms with Gasteiger partial charge in [-0.15, -0.1) is 0 Å². The van der Waals surface area contributed by atoms with Gasteiger partial charge in [0.25, 0.3) is 0 Å². The van der Waals surface area contributed by atoms with E-state index in [9.17, 15) is 5.11 Å². The van der Waals surface area contributed by atoms with E-state index in [1.807, 2.05) is 24.4 Å². The van der Waals surface area contributed by atoms with E-state index in [-0.39, 0.29) is 0 Å². The van der Waals surface area contributed by atoms with Gasteiger partial charge < -0.3 is 5.11 Å². The molecule has 0 amide bonds. The van der Waals surface area contributed by atoms with Crippen LogP contribution in [0.5, 0.6) is 0 Å². The lowest BCUT2D eigenvalue weighted by Crippen LogP contribution is -1.93. The van der Waals surface area contributed by atoms with Crippen molar-refractivity contribution in [1.82, 2.24) is 4.98 Å². The SMILES string of the molecule is C[C@H](O)c1ccc(Cc2cccnc2)cc1. The zero-order chi connectivity index (χ0) is 11.4. The van der Waals surface area contributed by atoms with Crippen LogP contribution in [0.2, 0.25) is 0 Å². The van der Waals surface area contributed by atoms with E-state index in [1.165, 1.54) is 11.1 Å². The topological polar surface area (TPSA) is 33.1 Å². The van der Waals surface area contributed by atoms with Crippen LogP contribution in [0.25, 0.3) is 0 Å². The van der Waals surface area contributed by atoms with E-state index in [2.05, 4.69) is 23.2 Å². The van der Waals surface area contributed by atoms with Crippen molar-refractivity contribution in [1.29, 1.82) is 0 Å². The Morgan fingerprint density at radius 3 is 2.44 bits per heavy atom. The molecule has 0 aliphatic heterocycles. The first-order valence-electron chi connectivity index (χ1n) is 5.41. The molecule has 0 bridgehead atoms. The molecule has 0 aliphatic carbocycles. The number of rotatable bonds is 3. The summed E-state index contributed by atoms with van der Waals surface area (Å²) in [6, 6.07) is 12.0. The quantitative estimate of drug-likeness (QED) is 0.850. The number of hydrogen-bond donors (Lipinski definition) is 1. The van der Waals surface area contributed by atoms with Crippen LogP contribution in [0.15, 0.2) is 48.8 Å². The highest BCUT2D eigenvalue weighted by Gasteiger charge is 2.00. The third kappa shape index (κ3) is 2.67. The van der Waals surface area contributed by atoms with Crippen molar-refractivity contribution in [2.45, 2.75) is 19.4 Å². The summed E-state index contributed by atoms with van der Waals surface area (Å²) in [5.41, 5.74) is 3.39. The van der Waals surface area contributed by atoms with Crippen LogP contribution in [0.3, 0.4) is 0 Å². The first kappa shape index (κ1) is 10.8. The molecule has 1 atom stereocenters. The van der Waals surface area contributed by atoms with Gasteiger partial charge in [-0.3, -0.25) is 4.98 Å². The van der Waals surface area contributed by atoms with Crippen molar-refractivity contribution in [3.8, 4) is 0 Å². The molecule has 0 radical (unpaired) electrons. The summed E-state index contributed by atoms with van der Waals surface area (Å²) in [5.74, 6) is 0. The smallest absolute Gasteiger partial charge is 0.0761 e. The molecule has 2 rings (SSSR count). The van der Waals surface area contributed by atoms with Crippen LogP contribution in [0.4, 0.5) is 0 Å². The molecule has 1 heterocycles. The van der Waals surface area contributed by atoms with Crippen LogP contribution in [-0.4, -0.2) is 10.1 Å². The molecule has 16 heavy (non-hydrogen) atoms. The number of aliphatic hydroxyl groups is 1. The predicted molar refractivity (Wildman–Crippen MR) is 64.1 cm³/mol. The third-order valence-electron chi connectivity index (χ3n) is 2.59. The maximum atomic E-state index is 9.39. The Balaban J connectivity index is 2.11. The van der Waals surface area contributed by atoms with Crippen LogP contribution >= 0.6 is 0 Å². The second-order valence-electron chi connectivity index (χ2n) is 3.96. The van der Waals surface area contributed by atoms with Crippen molar-refractivity contribution >= 4 is 0 Å². The van der Waals surface area contributed by atoms with E-state index < -0.39 is 6.10 Å². The minimum Gasteiger partial charge on any atom is -0.389 e. The number of aromatic nitrogens is 1. The Labute approximate surface area is 95.6 Å². The summed E-state index contributed by atoms with van der Waals surface area (Å²) in [6.45, 7) is 1.77. The molecular weight excluding hydrogens is 198 g/mol. The minimum absolute atomic E-state index is 0.396. The molecule has 82 valence electrons. The zero-order valence-corrected chi connectivity index (χ0v) is 9.30. The molecule has 0 saturated heterocycles. The Morgan fingerprint density at radius 2 is 1.88 bits per heavy atom. The van der Waals surface area contributed by atoms with E-state index in [0.29, 0.717) is 0 Å². The third-order valence-corrected chi connectivity index (χ3v) is 2.59. The van der Waals surface area contributed by atoms with Crippen LogP contribution in [0, 0.1) is 0 Å². The highest BCUT2D eigenvalue weighted by molar-refractivity contribution is 5.28. The molecule has 1 N–H and O–H groups in total. The zero-order valence-electron chi connectivity index (χ0n) is 9.30. The molecule has 2 aromatic rings. The van der Waals surface area contributed by atoms with Gasteiger partial charge in [0.2, 0.25) is 0 Å². The van der Waals surface area contributed by atoms with Crippen molar-refractivity contribution in [3.63, 3.8) is 0 Å². The Bertz CT molecular complexity index is 434. The van der Waals surface area contributed by atoms with Gasteiger partial charge in [-0.25, -0.2) is 0 Å². The Hall–Kier alpha value is -1.67. The highest BCUT2D eigenvalue weighted by atomic mass is 16.3. The normalized spacial score (nSPS) is 12.4. The lowest BCUT2D eigenvalue weighted by Gasteiger charge is -2.06. The molecule has 0 saturated carbocycles. The van der Waals surface area contributed by atoms with Gasteiger partial charge in [-0.2, -0.15) is 0 Å². The standard InChI is InChI=1S/C14H15NO/c1-11(16)14-6-4-12(5-7-14)9-13-3-2-8-15-10-13/h2-8,10-11,16H,9H2,1H3/t11-/m0/s1. The van der Waals surface area contributed by atoms with Crippen molar-refractivity contribution in [2.24, 2.45) is 0 Å². The molecule has 0 aliphatic rings. The van der Waals surface area contributed by atoms with E-state index in [4.69, 9.17) is 0 Å². The van der Waals surface area contributed by atoms with Crippen LogP contribution in [0.1, 0.15) is 29.7 Å². The fourth-order valence-electron chi connectivity index (χ4n) is 1.65. The fourth-order valence-corrected chi connectivity index (χ4v) is 1.65. The average molecular weight is 213 g/mol. The van der Waals surface area contributed by atoms with Gasteiger partial charge in [0, 0.05) is 12.4 Å². The molecule has 0 unspecified atom stereocenters. The molecule has 0 spiro atoms. The van der Waals surface area contributed by atoms with E-state index in [0.717, 1.165) is 12.0 Å². The number of hydrogen-bond acceptors (Lipinski definition) is 2. The second kappa shape index (κ2) is 4.90. The van der Waals surface area contributed by atoms with Gasteiger partial charge in [0.1, 0.15) is 0 Å². The van der Waals surface area contributed by atoms with Crippen molar-refractivity contribution in [3.05, 3.63) is 65.5 Å². The number of pyridine rings is 1. The maximum absolute atomic E-state index is 9.39. The first-order chi connectivity index (χ1) is 7.75. The summed E-state index contributed by atoms with van der Waals surface area (Å²) in [4.78, 5) is 4.09. The average Bonchev–Trinajstić information content (AvgIpc) is 2.31. The fraction of sp³-hybridized carbons (Fsp3) is 0.214. The molecule has 2 nitrogen and oxygen atoms in total. The number of benzene rings is 1. The number of nitrogens with zero attached hydrogens (tertiary/aromatic N) is 1. The van der Waals surface area contributed by atoms with Gasteiger partial charge >= 0.3 is 0 Å². The van der Waals surface area contributed by atoms with Crippen LogP contribution < -0.4 is 0 Å². The molecule has 2 heteroatoms. The van der Waals surface area contributed by atoms with Gasteiger partial charge in [0.15, 0.2) is 0 Å². The molecule has 0 fully saturated rings. The van der Waals surface area contributed by atoms with Gasteiger partial charge in [0.05, 0.1) is 6.10 Å². The lowest BCUT2D eigenvalue weighted by atomic mass is 10.0. The lowest BCUT2D eigenvalue weighted by molar-refractivity contribution is 0.199. The van der Waals surface area contributed by atoms with E-state index >= 15 is 0 Å². The maximum Gasteiger partial charge on any atom is 0.0761 e. The summed E-state index contributed by atoms with van der Waals surface area (Å²) >= 11 is 0. The van der Waals surface area contributed by atoms with Gasteiger partial charge in [-0.05, 0) is 36.1 Å². The minimum atomic E-state index is -0.396. The molecule has 1 aromatic heterocycles. The van der Waals surface area contributed by atoms with Crippen molar-refractivity contribution in [2.75, 3.05) is 0 Å². The van der Waals surface area contributed by atoms with Crippen molar-refractivity contribution < 1.29 is 5.11 Å². The summed E-state index contributed by atoms with van der Waals surface area (Å²) in [5, 5.41) is 9.39. The Kier molecular flexibility index (Phi) is 3.32. The van der Waals surface area contributed by atoms with Gasteiger partial charge in [-0.1, -0.05) is 30.3 Å². The second-order valence-corrected chi connectivity index (χ2v) is 3.96. The molecular formula is C14H15NO. The predicted octanol–water partition coefficient (Wildman–Crippen LogP) is 2.73. The van der Waals surface area contributed by atoms with E-state index in [1.54, 1.807) is 13.1 Å². The summed E-state index contributed by atoms with van der Waals surface area (Å²) < 4.78 is 0. The monoisotopic (exact) mass is 213 g/mol. The summed E-state index contributed by atoms with van der Waals surface area (Å²) in [6.07, 6.45) is 4.14. The Morgan fingerprint density at radius 1 is 1.12 bits per heavy atom. The molecule has 1 aromatic carbocycles. The summed E-state index contributed by atoms with van der Waals surface area (Å²) in [7, 11) is 0. The first-order valence-corrected chi connectivity index (χ1v) is 5.41. The van der Waals surface area contributed by atoms with Crippen LogP contribution in [-0.2, 0) is 6.42 Å². The highest BCUT2D eigenvalue weighted by Crippen LogP contribution is 2.14. The number of aliphatic hydroxyl groups excluding tert-OH is 1. The largest absolute Gasteiger partial charge is 0.389 e.